The second-order valence-electron chi connectivity index (χ2n) is 4.95. The van der Waals surface area contributed by atoms with E-state index in [0.717, 1.165) is 11.4 Å². The van der Waals surface area contributed by atoms with Crippen molar-refractivity contribution < 1.29 is 23.1 Å². The predicted octanol–water partition coefficient (Wildman–Crippen LogP) is 1.42. The molecule has 18 heavy (non-hydrogen) atoms. The summed E-state index contributed by atoms with van der Waals surface area (Å²) in [5, 5.41) is 8.69. The first kappa shape index (κ1) is 15.2. The summed E-state index contributed by atoms with van der Waals surface area (Å²) in [5.74, 6) is -1.22. The Morgan fingerprint density at radius 1 is 1.50 bits per heavy atom. The summed E-state index contributed by atoms with van der Waals surface area (Å²) in [6.45, 7) is 3.46. The average Bonchev–Trinajstić information content (AvgIpc) is 2.61. The van der Waals surface area contributed by atoms with E-state index in [1.165, 1.54) is 0 Å². The molecule has 1 aliphatic heterocycles. The van der Waals surface area contributed by atoms with Crippen molar-refractivity contribution in [1.82, 2.24) is 9.80 Å². The summed E-state index contributed by atoms with van der Waals surface area (Å²) < 4.78 is 37.3. The molecule has 1 aliphatic rings. The lowest BCUT2D eigenvalue weighted by Gasteiger charge is -2.29. The molecule has 1 fully saturated rings. The Morgan fingerprint density at radius 2 is 2.11 bits per heavy atom. The molecule has 0 radical (unpaired) electrons. The third-order valence-corrected chi connectivity index (χ3v) is 3.16. The number of alkyl halides is 3. The van der Waals surface area contributed by atoms with Crippen LogP contribution in [0.25, 0.3) is 0 Å². The highest BCUT2D eigenvalue weighted by molar-refractivity contribution is 5.69. The van der Waals surface area contributed by atoms with Gasteiger partial charge in [-0.05, 0) is 20.3 Å². The normalized spacial score (nSPS) is 22.1. The Bertz CT molecular complexity index is 295. The lowest BCUT2D eigenvalue weighted by Crippen LogP contribution is -2.46. The van der Waals surface area contributed by atoms with Crippen LogP contribution >= 0.6 is 0 Å². The maximum absolute atomic E-state index is 12.4. The van der Waals surface area contributed by atoms with Gasteiger partial charge in [0.1, 0.15) is 0 Å². The molecule has 0 aromatic carbocycles. The summed E-state index contributed by atoms with van der Waals surface area (Å²) in [6.07, 6.45) is -3.78. The van der Waals surface area contributed by atoms with Crippen molar-refractivity contribution in [3.63, 3.8) is 0 Å². The molecule has 1 saturated heterocycles. The number of nitrogens with zero attached hydrogens (tertiary/aromatic N) is 2. The highest BCUT2D eigenvalue weighted by atomic mass is 19.4. The van der Waals surface area contributed by atoms with E-state index >= 15 is 0 Å². The number of rotatable bonds is 5. The zero-order chi connectivity index (χ0) is 13.9. The second-order valence-corrected chi connectivity index (χ2v) is 4.95. The maximum Gasteiger partial charge on any atom is 0.401 e. The number of likely N-dealkylation sites (tertiary alicyclic amines) is 1. The molecule has 0 spiro atoms. The monoisotopic (exact) mass is 268 g/mol. The molecular formula is C11H19F3N2O2. The molecule has 0 aliphatic carbocycles. The van der Waals surface area contributed by atoms with Crippen LogP contribution in [0, 0.1) is 0 Å². The van der Waals surface area contributed by atoms with Crippen LogP contribution in [0.2, 0.25) is 0 Å². The molecule has 1 heterocycles. The van der Waals surface area contributed by atoms with Crippen LogP contribution in [0.4, 0.5) is 13.2 Å². The Hall–Kier alpha value is -0.820. The molecule has 1 atom stereocenters. The minimum Gasteiger partial charge on any atom is -0.480 e. The SMILES string of the molecule is CC(C)N1CCC(N(CC(=O)O)CC(F)(F)F)C1. The molecule has 0 saturated carbocycles. The van der Waals surface area contributed by atoms with E-state index < -0.39 is 25.2 Å². The van der Waals surface area contributed by atoms with Crippen LogP contribution in [-0.4, -0.2) is 65.3 Å². The summed E-state index contributed by atoms with van der Waals surface area (Å²) in [5.41, 5.74) is 0. The molecule has 0 aromatic rings. The quantitative estimate of drug-likeness (QED) is 0.819. The lowest BCUT2D eigenvalue weighted by atomic mass is 10.2. The lowest BCUT2D eigenvalue weighted by molar-refractivity contribution is -0.157. The van der Waals surface area contributed by atoms with E-state index in [1.807, 2.05) is 13.8 Å². The molecule has 1 unspecified atom stereocenters. The highest BCUT2D eigenvalue weighted by Gasteiger charge is 2.37. The van der Waals surface area contributed by atoms with Crippen molar-refractivity contribution in [3.05, 3.63) is 0 Å². The van der Waals surface area contributed by atoms with E-state index in [0.29, 0.717) is 13.0 Å². The van der Waals surface area contributed by atoms with Crippen LogP contribution in [0.5, 0.6) is 0 Å². The highest BCUT2D eigenvalue weighted by Crippen LogP contribution is 2.23. The Kier molecular flexibility index (Phi) is 4.98. The van der Waals surface area contributed by atoms with Gasteiger partial charge in [0.2, 0.25) is 0 Å². The van der Waals surface area contributed by atoms with Crippen LogP contribution in [0.15, 0.2) is 0 Å². The van der Waals surface area contributed by atoms with Crippen molar-refractivity contribution in [2.24, 2.45) is 0 Å². The minimum absolute atomic E-state index is 0.271. The number of carbonyl (C=O) groups is 1. The summed E-state index contributed by atoms with van der Waals surface area (Å²) in [7, 11) is 0. The van der Waals surface area contributed by atoms with Gasteiger partial charge in [-0.3, -0.25) is 14.6 Å². The number of hydrogen-bond acceptors (Lipinski definition) is 3. The number of carboxylic acids is 1. The van der Waals surface area contributed by atoms with Crippen molar-refractivity contribution in [2.45, 2.75) is 38.5 Å². The standard InChI is InChI=1S/C11H19F3N2O2/c1-8(2)15-4-3-9(5-15)16(6-10(17)18)7-11(12,13)14/h8-9H,3-7H2,1-2H3,(H,17,18). The van der Waals surface area contributed by atoms with E-state index in [2.05, 4.69) is 4.90 Å². The fourth-order valence-corrected chi connectivity index (χ4v) is 2.25. The molecule has 0 aromatic heterocycles. The van der Waals surface area contributed by atoms with E-state index in [4.69, 9.17) is 5.11 Å². The van der Waals surface area contributed by atoms with E-state index in [1.54, 1.807) is 0 Å². The number of carboxylic acid groups (broad SMARTS) is 1. The van der Waals surface area contributed by atoms with E-state index in [9.17, 15) is 18.0 Å². The molecule has 1 N–H and O–H groups in total. The summed E-state index contributed by atoms with van der Waals surface area (Å²) >= 11 is 0. The summed E-state index contributed by atoms with van der Waals surface area (Å²) in [4.78, 5) is 13.7. The fraction of sp³-hybridized carbons (Fsp3) is 0.909. The molecule has 7 heteroatoms. The van der Waals surface area contributed by atoms with Gasteiger partial charge in [-0.15, -0.1) is 0 Å². The van der Waals surface area contributed by atoms with Gasteiger partial charge in [-0.2, -0.15) is 13.2 Å². The first-order valence-corrected chi connectivity index (χ1v) is 5.95. The molecule has 1 rings (SSSR count). The molecule has 4 nitrogen and oxygen atoms in total. The third kappa shape index (κ3) is 4.81. The van der Waals surface area contributed by atoms with Gasteiger partial charge in [-0.25, -0.2) is 0 Å². The Labute approximate surface area is 104 Å². The van der Waals surface area contributed by atoms with Gasteiger partial charge in [-0.1, -0.05) is 0 Å². The zero-order valence-corrected chi connectivity index (χ0v) is 10.6. The van der Waals surface area contributed by atoms with Crippen molar-refractivity contribution in [2.75, 3.05) is 26.2 Å². The van der Waals surface area contributed by atoms with Crippen molar-refractivity contribution >= 4 is 5.97 Å². The van der Waals surface area contributed by atoms with Gasteiger partial charge in [0, 0.05) is 25.2 Å². The largest absolute Gasteiger partial charge is 0.480 e. The van der Waals surface area contributed by atoms with Gasteiger partial charge >= 0.3 is 12.1 Å². The fourth-order valence-electron chi connectivity index (χ4n) is 2.25. The second kappa shape index (κ2) is 5.88. The first-order chi connectivity index (χ1) is 8.19. The third-order valence-electron chi connectivity index (χ3n) is 3.16. The van der Waals surface area contributed by atoms with Gasteiger partial charge in [0.25, 0.3) is 0 Å². The number of aliphatic carboxylic acids is 1. The van der Waals surface area contributed by atoms with Crippen LogP contribution < -0.4 is 0 Å². The number of halogens is 3. The smallest absolute Gasteiger partial charge is 0.401 e. The van der Waals surface area contributed by atoms with Crippen LogP contribution in [0.1, 0.15) is 20.3 Å². The van der Waals surface area contributed by atoms with Gasteiger partial charge in [0.15, 0.2) is 0 Å². The Balaban J connectivity index is 2.63. The van der Waals surface area contributed by atoms with Gasteiger partial charge in [0.05, 0.1) is 13.1 Å². The predicted molar refractivity (Wildman–Crippen MR) is 60.4 cm³/mol. The van der Waals surface area contributed by atoms with Crippen LogP contribution in [-0.2, 0) is 4.79 Å². The van der Waals surface area contributed by atoms with E-state index in [-0.39, 0.29) is 12.1 Å². The molecular weight excluding hydrogens is 249 g/mol. The topological polar surface area (TPSA) is 43.8 Å². The average molecular weight is 268 g/mol. The van der Waals surface area contributed by atoms with Crippen molar-refractivity contribution in [3.8, 4) is 0 Å². The minimum atomic E-state index is -4.36. The zero-order valence-electron chi connectivity index (χ0n) is 10.6. The maximum atomic E-state index is 12.4. The summed E-state index contributed by atoms with van der Waals surface area (Å²) in [6, 6.07) is -0.0577. The Morgan fingerprint density at radius 3 is 2.50 bits per heavy atom. The first-order valence-electron chi connectivity index (χ1n) is 5.95. The molecule has 106 valence electrons. The molecule has 0 amide bonds. The van der Waals surface area contributed by atoms with Crippen LogP contribution in [0.3, 0.4) is 0 Å². The number of hydrogen-bond donors (Lipinski definition) is 1. The van der Waals surface area contributed by atoms with Gasteiger partial charge < -0.3 is 5.11 Å². The molecule has 0 bridgehead atoms. The van der Waals surface area contributed by atoms with Crippen molar-refractivity contribution in [1.29, 1.82) is 0 Å².